The van der Waals surface area contributed by atoms with Gasteiger partial charge in [0.2, 0.25) is 0 Å². The monoisotopic (exact) mass is 377 g/mol. The van der Waals surface area contributed by atoms with E-state index < -0.39 is 0 Å². The van der Waals surface area contributed by atoms with Gasteiger partial charge in [0.05, 0.1) is 0 Å². The van der Waals surface area contributed by atoms with Gasteiger partial charge in [-0.2, -0.15) is 0 Å². The summed E-state index contributed by atoms with van der Waals surface area (Å²) in [5, 5.41) is 11.8. The Morgan fingerprint density at radius 1 is 0.963 bits per heavy atom. The molecule has 0 saturated heterocycles. The highest BCUT2D eigenvalue weighted by Crippen LogP contribution is 2.27. The predicted molar refractivity (Wildman–Crippen MR) is 114 cm³/mol. The molecule has 0 radical (unpaired) electrons. The summed E-state index contributed by atoms with van der Waals surface area (Å²) in [5.41, 5.74) is 3.95. The van der Waals surface area contributed by atoms with Crippen molar-refractivity contribution in [3.05, 3.63) is 70.8 Å². The minimum Gasteiger partial charge on any atom is -0.410 e. The van der Waals surface area contributed by atoms with Gasteiger partial charge < -0.3 is 5.21 Å². The zero-order valence-corrected chi connectivity index (χ0v) is 16.3. The lowest BCUT2D eigenvalue weighted by molar-refractivity contribution is 0.321. The molecule has 2 nitrogen and oxygen atoms in total. The summed E-state index contributed by atoms with van der Waals surface area (Å²) in [5.74, 6) is 8.21. The minimum absolute atomic E-state index is 0.0879. The van der Waals surface area contributed by atoms with Crippen molar-refractivity contribution in [2.24, 2.45) is 17.0 Å². The largest absolute Gasteiger partial charge is 0.410 e. The second kappa shape index (κ2) is 9.44. The quantitative estimate of drug-likeness (QED) is 0.216. The van der Waals surface area contributed by atoms with Gasteiger partial charge in [0.1, 0.15) is 0 Å². The fourth-order valence-corrected chi connectivity index (χ4v) is 3.38. The topological polar surface area (TPSA) is 32.6 Å². The molecule has 2 aromatic rings. The number of hydrogen-bond donors (Lipinski definition) is 1. The van der Waals surface area contributed by atoms with Crippen LogP contribution in [0.5, 0.6) is 0 Å². The number of hydrogen-bond acceptors (Lipinski definition) is 2. The maximum Gasteiger partial charge on any atom is 0.175 e. The molecular weight excluding hydrogens is 354 g/mol. The summed E-state index contributed by atoms with van der Waals surface area (Å²) in [4.78, 5) is 0. The van der Waals surface area contributed by atoms with Gasteiger partial charge in [0, 0.05) is 17.0 Å². The average Bonchev–Trinajstić information content (AvgIpc) is 2.72. The maximum absolute atomic E-state index is 8.69. The van der Waals surface area contributed by atoms with Gasteiger partial charge >= 0.3 is 0 Å². The van der Waals surface area contributed by atoms with Gasteiger partial charge in [0.15, 0.2) is 5.17 Å². The maximum atomic E-state index is 8.69. The Labute approximate surface area is 166 Å². The van der Waals surface area contributed by atoms with E-state index in [2.05, 4.69) is 54.3 Å². The Morgan fingerprint density at radius 2 is 1.52 bits per heavy atom. The second-order valence-electron chi connectivity index (χ2n) is 7.19. The van der Waals surface area contributed by atoms with Gasteiger partial charge in [-0.25, -0.2) is 0 Å². The molecule has 1 N–H and O–H groups in total. The van der Waals surface area contributed by atoms with Crippen LogP contribution in [-0.2, 0) is 0 Å². The Balaban J connectivity index is 1.60. The standard InChI is InChI=1S/C24H24ClNO/c1-18-2-4-19(5-3-18)6-7-20-8-10-21(11-9-20)12-13-22-14-16-23(17-15-22)24(25)26-27/h8-19,27H,2-5H2,1H3/b13-12+,26-24-. The summed E-state index contributed by atoms with van der Waals surface area (Å²) < 4.78 is 0. The lowest BCUT2D eigenvalue weighted by Crippen LogP contribution is -2.10. The van der Waals surface area contributed by atoms with Crippen molar-refractivity contribution >= 4 is 28.9 Å². The van der Waals surface area contributed by atoms with Crippen molar-refractivity contribution in [3.8, 4) is 11.8 Å². The van der Waals surface area contributed by atoms with Gasteiger partial charge in [-0.05, 0) is 54.9 Å². The van der Waals surface area contributed by atoms with Crippen molar-refractivity contribution in [2.75, 3.05) is 0 Å². The number of benzene rings is 2. The van der Waals surface area contributed by atoms with Crippen molar-refractivity contribution in [2.45, 2.75) is 32.6 Å². The van der Waals surface area contributed by atoms with Crippen molar-refractivity contribution in [1.82, 2.24) is 0 Å². The molecule has 0 aliphatic heterocycles. The fourth-order valence-electron chi connectivity index (χ4n) is 3.25. The summed E-state index contributed by atoms with van der Waals surface area (Å²) in [7, 11) is 0. The fraction of sp³-hybridized carbons (Fsp3) is 0.292. The Kier molecular flexibility index (Phi) is 6.74. The van der Waals surface area contributed by atoms with Crippen LogP contribution >= 0.6 is 11.6 Å². The zero-order chi connectivity index (χ0) is 19.1. The summed E-state index contributed by atoms with van der Waals surface area (Å²) in [6.07, 6.45) is 9.20. The molecule has 0 heterocycles. The molecule has 0 spiro atoms. The highest BCUT2D eigenvalue weighted by atomic mass is 35.5. The minimum atomic E-state index is 0.0879. The van der Waals surface area contributed by atoms with Crippen LogP contribution in [0.15, 0.2) is 53.7 Å². The molecule has 0 amide bonds. The average molecular weight is 378 g/mol. The number of oxime groups is 1. The molecule has 1 aliphatic carbocycles. The van der Waals surface area contributed by atoms with Gasteiger partial charge in [-0.15, -0.1) is 0 Å². The third-order valence-electron chi connectivity index (χ3n) is 5.05. The van der Waals surface area contributed by atoms with E-state index in [4.69, 9.17) is 16.8 Å². The Bertz CT molecular complexity index is 861. The van der Waals surface area contributed by atoms with E-state index >= 15 is 0 Å². The van der Waals surface area contributed by atoms with Crippen LogP contribution in [0.4, 0.5) is 0 Å². The molecule has 3 heteroatoms. The zero-order valence-electron chi connectivity index (χ0n) is 15.5. The Morgan fingerprint density at radius 3 is 2.07 bits per heavy atom. The number of halogens is 1. The first kappa shape index (κ1) is 19.3. The second-order valence-corrected chi connectivity index (χ2v) is 7.55. The molecule has 0 atom stereocenters. The lowest BCUT2D eigenvalue weighted by atomic mass is 9.83. The van der Waals surface area contributed by atoms with Gasteiger partial charge in [-0.3, -0.25) is 0 Å². The van der Waals surface area contributed by atoms with E-state index in [1.807, 2.05) is 30.3 Å². The first-order valence-electron chi connectivity index (χ1n) is 9.42. The third-order valence-corrected chi connectivity index (χ3v) is 5.35. The lowest BCUT2D eigenvalue weighted by Gasteiger charge is -2.21. The molecule has 3 rings (SSSR count). The first-order chi connectivity index (χ1) is 13.1. The summed E-state index contributed by atoms with van der Waals surface area (Å²) in [6, 6.07) is 15.9. The van der Waals surface area contributed by atoms with Crippen LogP contribution in [0.1, 0.15) is 54.9 Å². The van der Waals surface area contributed by atoms with E-state index in [-0.39, 0.29) is 5.17 Å². The van der Waals surface area contributed by atoms with Crippen LogP contribution in [0, 0.1) is 23.7 Å². The van der Waals surface area contributed by atoms with Crippen molar-refractivity contribution < 1.29 is 5.21 Å². The molecule has 27 heavy (non-hydrogen) atoms. The van der Waals surface area contributed by atoms with Crippen LogP contribution in [0.3, 0.4) is 0 Å². The van der Waals surface area contributed by atoms with Gasteiger partial charge in [0.25, 0.3) is 0 Å². The van der Waals surface area contributed by atoms with Crippen LogP contribution in [-0.4, -0.2) is 10.4 Å². The van der Waals surface area contributed by atoms with E-state index in [0.717, 1.165) is 22.6 Å². The molecule has 1 aliphatic rings. The van der Waals surface area contributed by atoms with Crippen molar-refractivity contribution in [1.29, 1.82) is 0 Å². The van der Waals surface area contributed by atoms with Gasteiger partial charge in [-0.1, -0.05) is 84.1 Å². The molecule has 0 unspecified atom stereocenters. The number of nitrogens with zero attached hydrogens (tertiary/aromatic N) is 1. The van der Waals surface area contributed by atoms with Crippen molar-refractivity contribution in [3.63, 3.8) is 0 Å². The van der Waals surface area contributed by atoms with E-state index in [1.54, 1.807) is 0 Å². The normalized spacial score (nSPS) is 20.3. The first-order valence-corrected chi connectivity index (χ1v) is 9.79. The van der Waals surface area contributed by atoms with E-state index in [0.29, 0.717) is 11.5 Å². The molecule has 138 valence electrons. The van der Waals surface area contributed by atoms with Crippen LogP contribution < -0.4 is 0 Å². The third kappa shape index (κ3) is 5.74. The highest BCUT2D eigenvalue weighted by molar-refractivity contribution is 6.69. The van der Waals surface area contributed by atoms with Crippen LogP contribution in [0.2, 0.25) is 0 Å². The molecule has 2 aromatic carbocycles. The Hall–Kier alpha value is -2.50. The molecule has 1 fully saturated rings. The van der Waals surface area contributed by atoms with Crippen LogP contribution in [0.25, 0.3) is 12.2 Å². The SMILES string of the molecule is CC1CCC(C#Cc2ccc(/C=C/c3ccc(/C(Cl)=N/O)cc3)cc2)CC1. The molecule has 1 saturated carbocycles. The van der Waals surface area contributed by atoms with E-state index in [1.165, 1.54) is 25.7 Å². The molecule has 0 bridgehead atoms. The summed E-state index contributed by atoms with van der Waals surface area (Å²) in [6.45, 7) is 2.34. The highest BCUT2D eigenvalue weighted by Gasteiger charge is 2.15. The molecular formula is C24H24ClNO. The predicted octanol–water partition coefficient (Wildman–Crippen LogP) is 6.41. The smallest absolute Gasteiger partial charge is 0.175 e. The van der Waals surface area contributed by atoms with E-state index in [9.17, 15) is 0 Å². The number of rotatable bonds is 3. The molecule has 0 aromatic heterocycles. The summed E-state index contributed by atoms with van der Waals surface area (Å²) >= 11 is 5.78.